The maximum Gasteiger partial charge on any atom is 0.239 e. The molecule has 2 rings (SSSR count). The predicted molar refractivity (Wildman–Crippen MR) is 83.5 cm³/mol. The number of phenols is 1. The third-order valence-electron chi connectivity index (χ3n) is 3.33. The molecule has 0 aromatic heterocycles. The number of carbonyl (C=O) groups is 1. The van der Waals surface area contributed by atoms with Gasteiger partial charge in [-0.05, 0) is 55.9 Å². The van der Waals surface area contributed by atoms with E-state index >= 15 is 0 Å². The summed E-state index contributed by atoms with van der Waals surface area (Å²) in [5.74, 6) is 4.84. The molecule has 22 heavy (non-hydrogen) atoms. The van der Waals surface area contributed by atoms with Crippen LogP contribution in [0.2, 0.25) is 0 Å². The molecule has 4 heteroatoms. The first-order valence-electron chi connectivity index (χ1n) is 7.41. The average Bonchev–Trinajstić information content (AvgIpc) is 2.54. The quantitative estimate of drug-likeness (QED) is 0.527. The molecule has 0 bridgehead atoms. The van der Waals surface area contributed by atoms with Crippen molar-refractivity contribution in [2.24, 2.45) is 0 Å². The molecule has 1 aliphatic heterocycles. The molecule has 1 heterocycles. The van der Waals surface area contributed by atoms with Crippen molar-refractivity contribution in [3.8, 4) is 17.6 Å². The lowest BCUT2D eigenvalue weighted by Crippen LogP contribution is -2.22. The second-order valence-corrected chi connectivity index (χ2v) is 5.11. The number of hydrogen-bond donors (Lipinski definition) is 1. The number of para-hydroxylation sites is 1. The van der Waals surface area contributed by atoms with E-state index < -0.39 is 5.78 Å². The summed E-state index contributed by atoms with van der Waals surface area (Å²) in [5, 5.41) is 9.59. The van der Waals surface area contributed by atoms with Crippen LogP contribution >= 0.6 is 0 Å². The molecule has 1 aromatic carbocycles. The first-order chi connectivity index (χ1) is 10.7. The van der Waals surface area contributed by atoms with Crippen LogP contribution in [0.1, 0.15) is 36.5 Å². The van der Waals surface area contributed by atoms with E-state index in [0.29, 0.717) is 6.61 Å². The van der Waals surface area contributed by atoms with Gasteiger partial charge in [-0.2, -0.15) is 0 Å². The summed E-state index contributed by atoms with van der Waals surface area (Å²) in [6.45, 7) is 2.98. The molecule has 1 aromatic rings. The molecule has 0 spiro atoms. The molecule has 0 aliphatic carbocycles. The third kappa shape index (κ3) is 5.03. The van der Waals surface area contributed by atoms with Crippen LogP contribution in [-0.4, -0.2) is 30.4 Å². The van der Waals surface area contributed by atoms with E-state index in [0.717, 1.165) is 31.4 Å². The molecule has 1 N–H and O–H groups in total. The highest BCUT2D eigenvalue weighted by Gasteiger charge is 2.12. The Labute approximate surface area is 130 Å². The number of ether oxygens (including phenoxy) is 2. The summed E-state index contributed by atoms with van der Waals surface area (Å²) >= 11 is 0. The Morgan fingerprint density at radius 3 is 2.95 bits per heavy atom. The SMILES string of the molecule is C/C(C#CC(=O)c1ccccc1O)=C/COC1CCCCO1. The molecule has 0 saturated carbocycles. The van der Waals surface area contributed by atoms with Crippen LogP contribution in [0.5, 0.6) is 5.75 Å². The van der Waals surface area contributed by atoms with Gasteiger partial charge in [0, 0.05) is 6.61 Å². The van der Waals surface area contributed by atoms with Crippen molar-refractivity contribution < 1.29 is 19.4 Å². The van der Waals surface area contributed by atoms with Crippen molar-refractivity contribution in [3.05, 3.63) is 41.5 Å². The van der Waals surface area contributed by atoms with Crippen LogP contribution in [0.15, 0.2) is 35.9 Å². The van der Waals surface area contributed by atoms with Crippen LogP contribution in [0, 0.1) is 11.8 Å². The van der Waals surface area contributed by atoms with Gasteiger partial charge in [0.25, 0.3) is 0 Å². The van der Waals surface area contributed by atoms with Crippen molar-refractivity contribution in [2.75, 3.05) is 13.2 Å². The first kappa shape index (κ1) is 16.3. The summed E-state index contributed by atoms with van der Waals surface area (Å²) in [4.78, 5) is 11.9. The number of phenolic OH excluding ortho intramolecular Hbond substituents is 1. The highest BCUT2D eigenvalue weighted by atomic mass is 16.7. The summed E-state index contributed by atoms with van der Waals surface area (Å²) in [6, 6.07) is 6.37. The topological polar surface area (TPSA) is 55.8 Å². The van der Waals surface area contributed by atoms with E-state index in [-0.39, 0.29) is 17.6 Å². The maximum atomic E-state index is 11.9. The lowest BCUT2D eigenvalue weighted by atomic mass is 10.1. The second kappa shape index (κ2) is 8.38. The van der Waals surface area contributed by atoms with Crippen molar-refractivity contribution in [1.82, 2.24) is 0 Å². The van der Waals surface area contributed by atoms with Gasteiger partial charge in [-0.1, -0.05) is 18.1 Å². The minimum atomic E-state index is -0.401. The zero-order chi connectivity index (χ0) is 15.8. The minimum absolute atomic E-state index is 0.0544. The van der Waals surface area contributed by atoms with Gasteiger partial charge >= 0.3 is 0 Å². The fourth-order valence-corrected chi connectivity index (χ4v) is 2.06. The Morgan fingerprint density at radius 1 is 1.41 bits per heavy atom. The van der Waals surface area contributed by atoms with E-state index in [1.54, 1.807) is 18.2 Å². The molecule has 1 aliphatic rings. The maximum absolute atomic E-state index is 11.9. The van der Waals surface area contributed by atoms with Crippen molar-refractivity contribution in [2.45, 2.75) is 32.5 Å². The fraction of sp³-hybridized carbons (Fsp3) is 0.389. The summed E-state index contributed by atoms with van der Waals surface area (Å²) in [5.41, 5.74) is 0.967. The number of benzene rings is 1. The summed E-state index contributed by atoms with van der Waals surface area (Å²) in [7, 11) is 0. The van der Waals surface area contributed by atoms with Crippen LogP contribution in [0.3, 0.4) is 0 Å². The van der Waals surface area contributed by atoms with E-state index in [2.05, 4.69) is 11.8 Å². The summed E-state index contributed by atoms with van der Waals surface area (Å²) < 4.78 is 11.0. The number of hydrogen-bond acceptors (Lipinski definition) is 4. The smallest absolute Gasteiger partial charge is 0.239 e. The Bertz CT molecular complexity index is 601. The first-order valence-corrected chi connectivity index (χ1v) is 7.41. The van der Waals surface area contributed by atoms with Crippen molar-refractivity contribution >= 4 is 5.78 Å². The molecule has 116 valence electrons. The van der Waals surface area contributed by atoms with Gasteiger partial charge in [0.2, 0.25) is 5.78 Å². The molecule has 1 saturated heterocycles. The summed E-state index contributed by atoms with van der Waals surface area (Å²) in [6.07, 6.45) is 4.83. The molecule has 0 amide bonds. The highest BCUT2D eigenvalue weighted by Crippen LogP contribution is 2.16. The van der Waals surface area contributed by atoms with E-state index in [9.17, 15) is 9.90 Å². The predicted octanol–water partition coefficient (Wildman–Crippen LogP) is 3.07. The largest absolute Gasteiger partial charge is 0.507 e. The third-order valence-corrected chi connectivity index (χ3v) is 3.33. The molecule has 1 atom stereocenters. The van der Waals surface area contributed by atoms with Gasteiger partial charge in [-0.25, -0.2) is 0 Å². The molecule has 1 unspecified atom stereocenters. The number of Topliss-reactive ketones (excluding diaryl/α,β-unsaturated/α-hetero) is 1. The Kier molecular flexibility index (Phi) is 6.20. The number of carbonyl (C=O) groups excluding carboxylic acids is 1. The fourth-order valence-electron chi connectivity index (χ4n) is 2.06. The number of ketones is 1. The zero-order valence-electron chi connectivity index (χ0n) is 12.7. The molecular formula is C18H20O4. The number of rotatable bonds is 4. The van der Waals surface area contributed by atoms with Crippen LogP contribution in [0.4, 0.5) is 0 Å². The van der Waals surface area contributed by atoms with Gasteiger partial charge in [-0.3, -0.25) is 4.79 Å². The zero-order valence-corrected chi connectivity index (χ0v) is 12.7. The van der Waals surface area contributed by atoms with Crippen molar-refractivity contribution in [1.29, 1.82) is 0 Å². The number of allylic oxidation sites excluding steroid dienone is 1. The van der Waals surface area contributed by atoms with Crippen LogP contribution in [-0.2, 0) is 9.47 Å². The van der Waals surface area contributed by atoms with Gasteiger partial charge in [-0.15, -0.1) is 0 Å². The molecule has 4 nitrogen and oxygen atoms in total. The Morgan fingerprint density at radius 2 is 2.23 bits per heavy atom. The van der Waals surface area contributed by atoms with Crippen LogP contribution < -0.4 is 0 Å². The van der Waals surface area contributed by atoms with E-state index in [4.69, 9.17) is 9.47 Å². The molecule has 0 radical (unpaired) electrons. The Hall–Kier alpha value is -2.09. The van der Waals surface area contributed by atoms with Crippen molar-refractivity contribution in [3.63, 3.8) is 0 Å². The lowest BCUT2D eigenvalue weighted by Gasteiger charge is -2.21. The Balaban J connectivity index is 1.86. The van der Waals surface area contributed by atoms with Gasteiger partial charge in [0.15, 0.2) is 6.29 Å². The monoisotopic (exact) mass is 300 g/mol. The minimum Gasteiger partial charge on any atom is -0.507 e. The lowest BCUT2D eigenvalue weighted by molar-refractivity contribution is -0.155. The van der Waals surface area contributed by atoms with Gasteiger partial charge in [0.1, 0.15) is 5.75 Å². The van der Waals surface area contributed by atoms with E-state index in [1.165, 1.54) is 6.07 Å². The normalized spacial score (nSPS) is 18.4. The van der Waals surface area contributed by atoms with Crippen LogP contribution in [0.25, 0.3) is 0 Å². The van der Waals surface area contributed by atoms with E-state index in [1.807, 2.05) is 13.0 Å². The van der Waals surface area contributed by atoms with Gasteiger partial charge in [0.05, 0.1) is 12.2 Å². The van der Waals surface area contributed by atoms with Gasteiger partial charge < -0.3 is 14.6 Å². The number of aromatic hydroxyl groups is 1. The highest BCUT2D eigenvalue weighted by molar-refractivity contribution is 6.10. The average molecular weight is 300 g/mol. The second-order valence-electron chi connectivity index (χ2n) is 5.11. The molecular weight excluding hydrogens is 280 g/mol. The molecule has 1 fully saturated rings. The standard InChI is InChI=1S/C18H20O4/c1-14(11-13-22-18-8-4-5-12-21-18)9-10-17(20)15-6-2-3-7-16(15)19/h2-3,6-7,11,18-19H,4-5,8,12-13H2,1H3/b14-11-.